The van der Waals surface area contributed by atoms with E-state index in [1.54, 1.807) is 6.26 Å². The average molecular weight is 488 g/mol. The van der Waals surface area contributed by atoms with E-state index in [1.807, 2.05) is 6.07 Å². The summed E-state index contributed by atoms with van der Waals surface area (Å²) < 4.78 is 12.1. The highest BCUT2D eigenvalue weighted by Gasteiger charge is 2.20. The summed E-state index contributed by atoms with van der Waals surface area (Å²) in [7, 11) is 0. The minimum atomic E-state index is 0.00308. The molecule has 3 heterocycles. The molecule has 3 nitrogen and oxygen atoms in total. The van der Waals surface area contributed by atoms with Crippen LogP contribution in [0.25, 0.3) is 55.2 Å². The SMILES string of the molecule is Cc1oc2cc(-c3cc(-c4cc(C(C)(C)C)c5ccccc5c4)nc4occc34)ccc2c1CC(C)C. The van der Waals surface area contributed by atoms with Crippen LogP contribution in [0, 0.1) is 12.8 Å². The van der Waals surface area contributed by atoms with Crippen molar-refractivity contribution in [1.29, 1.82) is 0 Å². The second-order valence-corrected chi connectivity index (χ2v) is 11.6. The van der Waals surface area contributed by atoms with Crippen LogP contribution in [0.5, 0.6) is 0 Å². The second-order valence-electron chi connectivity index (χ2n) is 11.6. The Balaban J connectivity index is 1.55. The Bertz CT molecular complexity index is 1780. The second kappa shape index (κ2) is 8.62. The van der Waals surface area contributed by atoms with Gasteiger partial charge in [0.2, 0.25) is 5.71 Å². The highest BCUT2D eigenvalue weighted by Crippen LogP contribution is 2.39. The van der Waals surface area contributed by atoms with Gasteiger partial charge in [0, 0.05) is 21.9 Å². The number of aryl methyl sites for hydroxylation is 1. The lowest BCUT2D eigenvalue weighted by atomic mass is 9.82. The zero-order valence-electron chi connectivity index (χ0n) is 22.5. The fraction of sp³-hybridized carbons (Fsp3) is 0.265. The number of rotatable bonds is 4. The molecule has 3 aromatic heterocycles. The van der Waals surface area contributed by atoms with Gasteiger partial charge in [-0.3, -0.25) is 0 Å². The van der Waals surface area contributed by atoms with Gasteiger partial charge in [-0.05, 0) is 82.5 Å². The van der Waals surface area contributed by atoms with Crippen molar-refractivity contribution in [1.82, 2.24) is 4.98 Å². The third kappa shape index (κ3) is 4.13. The van der Waals surface area contributed by atoms with E-state index in [2.05, 4.69) is 102 Å². The number of hydrogen-bond acceptors (Lipinski definition) is 3. The van der Waals surface area contributed by atoms with Crippen LogP contribution in [0.15, 0.2) is 81.8 Å². The van der Waals surface area contributed by atoms with Gasteiger partial charge < -0.3 is 8.83 Å². The standard InChI is InChI=1S/C34H33NO2/c1-20(2)15-28-21(3)37-32-18-23(11-12-26(28)32)29-19-31(35-33-27(29)13-14-36-33)24-16-22-9-7-8-10-25(22)30(17-24)34(4,5)6/h7-14,16-20H,15H2,1-6H3. The molecule has 0 amide bonds. The molecular formula is C34H33NO2. The molecule has 0 aliphatic heterocycles. The topological polar surface area (TPSA) is 39.2 Å². The van der Waals surface area contributed by atoms with Crippen LogP contribution >= 0.6 is 0 Å². The number of benzene rings is 3. The third-order valence-corrected chi connectivity index (χ3v) is 7.32. The molecule has 0 N–H and O–H groups in total. The first-order valence-corrected chi connectivity index (χ1v) is 13.1. The number of hydrogen-bond donors (Lipinski definition) is 0. The van der Waals surface area contributed by atoms with Gasteiger partial charge in [-0.1, -0.05) is 71.0 Å². The maximum Gasteiger partial charge on any atom is 0.227 e. The zero-order chi connectivity index (χ0) is 25.9. The molecule has 3 aromatic carbocycles. The Morgan fingerprint density at radius 2 is 1.65 bits per heavy atom. The summed E-state index contributed by atoms with van der Waals surface area (Å²) in [5.74, 6) is 1.59. The highest BCUT2D eigenvalue weighted by atomic mass is 16.3. The number of nitrogens with zero attached hydrogens (tertiary/aromatic N) is 1. The van der Waals surface area contributed by atoms with Crippen LogP contribution in [0.4, 0.5) is 0 Å². The van der Waals surface area contributed by atoms with Crippen molar-refractivity contribution in [2.45, 2.75) is 53.4 Å². The number of aromatic nitrogens is 1. The number of pyridine rings is 1. The Labute approximate surface area is 218 Å². The van der Waals surface area contributed by atoms with E-state index in [0.29, 0.717) is 11.6 Å². The van der Waals surface area contributed by atoms with Crippen LogP contribution in [-0.4, -0.2) is 4.98 Å². The van der Waals surface area contributed by atoms with Crippen molar-refractivity contribution in [3.8, 4) is 22.4 Å². The molecule has 6 aromatic rings. The van der Waals surface area contributed by atoms with Crippen LogP contribution < -0.4 is 0 Å². The molecule has 0 aliphatic rings. The molecule has 6 rings (SSSR count). The fourth-order valence-corrected chi connectivity index (χ4v) is 5.52. The van der Waals surface area contributed by atoms with E-state index in [9.17, 15) is 0 Å². The Morgan fingerprint density at radius 1 is 0.838 bits per heavy atom. The quantitative estimate of drug-likeness (QED) is 0.248. The molecular weight excluding hydrogens is 454 g/mol. The van der Waals surface area contributed by atoms with Crippen molar-refractivity contribution in [2.24, 2.45) is 5.92 Å². The largest absolute Gasteiger partial charge is 0.461 e. The maximum atomic E-state index is 6.23. The maximum absolute atomic E-state index is 6.23. The first-order valence-electron chi connectivity index (χ1n) is 13.1. The first-order chi connectivity index (χ1) is 17.7. The third-order valence-electron chi connectivity index (χ3n) is 7.32. The van der Waals surface area contributed by atoms with Crippen molar-refractivity contribution in [3.63, 3.8) is 0 Å². The predicted molar refractivity (Wildman–Crippen MR) is 154 cm³/mol. The summed E-state index contributed by atoms with van der Waals surface area (Å²) in [6.07, 6.45) is 2.74. The van der Waals surface area contributed by atoms with Gasteiger partial charge in [-0.2, -0.15) is 0 Å². The van der Waals surface area contributed by atoms with Crippen molar-refractivity contribution < 1.29 is 8.83 Å². The van der Waals surface area contributed by atoms with Gasteiger partial charge in [0.1, 0.15) is 11.3 Å². The van der Waals surface area contributed by atoms with Gasteiger partial charge in [-0.25, -0.2) is 4.98 Å². The van der Waals surface area contributed by atoms with E-state index in [1.165, 1.54) is 27.3 Å². The summed E-state index contributed by atoms with van der Waals surface area (Å²) in [6, 6.07) is 23.9. The Hall–Kier alpha value is -3.85. The van der Waals surface area contributed by atoms with Crippen molar-refractivity contribution in [3.05, 3.63) is 89.9 Å². The smallest absolute Gasteiger partial charge is 0.227 e. The van der Waals surface area contributed by atoms with E-state index in [0.717, 1.165) is 45.5 Å². The summed E-state index contributed by atoms with van der Waals surface area (Å²) in [5, 5.41) is 4.72. The highest BCUT2D eigenvalue weighted by molar-refractivity contribution is 5.98. The normalized spacial score (nSPS) is 12.4. The summed E-state index contributed by atoms with van der Waals surface area (Å²) in [5.41, 5.74) is 8.41. The fourth-order valence-electron chi connectivity index (χ4n) is 5.52. The van der Waals surface area contributed by atoms with Crippen LogP contribution in [-0.2, 0) is 11.8 Å². The average Bonchev–Trinajstić information content (AvgIpc) is 3.45. The Morgan fingerprint density at radius 3 is 2.43 bits per heavy atom. The first kappa shape index (κ1) is 23.5. The van der Waals surface area contributed by atoms with Gasteiger partial charge >= 0.3 is 0 Å². The number of furan rings is 2. The molecule has 0 fully saturated rings. The van der Waals surface area contributed by atoms with Gasteiger partial charge in [0.25, 0.3) is 0 Å². The van der Waals surface area contributed by atoms with Crippen LogP contribution in [0.2, 0.25) is 0 Å². The monoisotopic (exact) mass is 487 g/mol. The van der Waals surface area contributed by atoms with Crippen molar-refractivity contribution in [2.75, 3.05) is 0 Å². The Kier molecular flexibility index (Phi) is 5.49. The number of fused-ring (bicyclic) bond motifs is 3. The van der Waals surface area contributed by atoms with E-state index in [4.69, 9.17) is 13.8 Å². The molecule has 0 unspecified atom stereocenters. The van der Waals surface area contributed by atoms with Crippen LogP contribution in [0.1, 0.15) is 51.5 Å². The molecule has 0 aliphatic carbocycles. The zero-order valence-corrected chi connectivity index (χ0v) is 22.5. The van der Waals surface area contributed by atoms with Gasteiger partial charge in [0.05, 0.1) is 12.0 Å². The minimum absolute atomic E-state index is 0.00308. The predicted octanol–water partition coefficient (Wildman–Crippen LogP) is 9.87. The molecule has 0 radical (unpaired) electrons. The molecule has 186 valence electrons. The van der Waals surface area contributed by atoms with Crippen molar-refractivity contribution >= 4 is 32.8 Å². The summed E-state index contributed by atoms with van der Waals surface area (Å²) in [4.78, 5) is 4.94. The molecule has 0 atom stereocenters. The summed E-state index contributed by atoms with van der Waals surface area (Å²) in [6.45, 7) is 13.4. The van der Waals surface area contributed by atoms with Crippen LogP contribution in [0.3, 0.4) is 0 Å². The van der Waals surface area contributed by atoms with Gasteiger partial charge in [0.15, 0.2) is 0 Å². The summed E-state index contributed by atoms with van der Waals surface area (Å²) >= 11 is 0. The van der Waals surface area contributed by atoms with E-state index < -0.39 is 0 Å². The molecule has 0 bridgehead atoms. The molecule has 3 heteroatoms. The lowest BCUT2D eigenvalue weighted by Gasteiger charge is -2.22. The molecule has 0 spiro atoms. The van der Waals surface area contributed by atoms with E-state index in [-0.39, 0.29) is 5.41 Å². The molecule has 0 saturated carbocycles. The molecule has 37 heavy (non-hydrogen) atoms. The van der Waals surface area contributed by atoms with Gasteiger partial charge in [-0.15, -0.1) is 0 Å². The minimum Gasteiger partial charge on any atom is -0.461 e. The lowest BCUT2D eigenvalue weighted by Crippen LogP contribution is -2.12. The lowest BCUT2D eigenvalue weighted by molar-refractivity contribution is 0.560. The van der Waals surface area contributed by atoms with E-state index >= 15 is 0 Å². The molecule has 0 saturated heterocycles.